The van der Waals surface area contributed by atoms with Crippen LogP contribution in [0.4, 0.5) is 5.69 Å². The van der Waals surface area contributed by atoms with Crippen LogP contribution >= 0.6 is 11.8 Å². The van der Waals surface area contributed by atoms with Gasteiger partial charge in [-0.05, 0) is 68.1 Å². The van der Waals surface area contributed by atoms with Gasteiger partial charge >= 0.3 is 0 Å². The van der Waals surface area contributed by atoms with E-state index in [4.69, 9.17) is 4.74 Å². The molecule has 1 atom stereocenters. The van der Waals surface area contributed by atoms with E-state index in [0.717, 1.165) is 51.6 Å². The summed E-state index contributed by atoms with van der Waals surface area (Å²) in [5, 5.41) is 3.00. The molecule has 6 heteroatoms. The number of nitrogens with zero attached hydrogens (tertiary/aromatic N) is 1. The van der Waals surface area contributed by atoms with E-state index in [1.165, 1.54) is 0 Å². The monoisotopic (exact) mass is 472 g/mol. The van der Waals surface area contributed by atoms with Gasteiger partial charge in [-0.1, -0.05) is 47.7 Å². The van der Waals surface area contributed by atoms with Crippen molar-refractivity contribution < 1.29 is 14.3 Å². The third-order valence-electron chi connectivity index (χ3n) is 6.44. The maximum Gasteiger partial charge on any atom is 0.259 e. The number of carbonyl (C=O) groups is 2. The lowest BCUT2D eigenvalue weighted by Gasteiger charge is -2.25. The zero-order valence-corrected chi connectivity index (χ0v) is 20.3. The minimum Gasteiger partial charge on any atom is -0.376 e. The molecule has 1 fully saturated rings. The highest BCUT2D eigenvalue weighted by Crippen LogP contribution is 2.42. The van der Waals surface area contributed by atoms with E-state index < -0.39 is 0 Å². The molecular formula is C28H28N2O3S. The highest BCUT2D eigenvalue weighted by molar-refractivity contribution is 7.99. The number of nitrogens with one attached hydrogen (secondary N) is 1. The van der Waals surface area contributed by atoms with Crippen LogP contribution in [0, 0.1) is 13.8 Å². The molecular weight excluding hydrogens is 444 g/mol. The van der Waals surface area contributed by atoms with E-state index in [1.54, 1.807) is 11.8 Å². The topological polar surface area (TPSA) is 58.6 Å². The van der Waals surface area contributed by atoms with Crippen molar-refractivity contribution >= 4 is 29.3 Å². The molecule has 0 saturated carbocycles. The molecule has 0 aromatic heterocycles. The summed E-state index contributed by atoms with van der Waals surface area (Å²) in [5.41, 5.74) is 5.37. The largest absolute Gasteiger partial charge is 0.376 e. The van der Waals surface area contributed by atoms with Crippen molar-refractivity contribution in [3.63, 3.8) is 0 Å². The van der Waals surface area contributed by atoms with E-state index >= 15 is 0 Å². The summed E-state index contributed by atoms with van der Waals surface area (Å²) < 4.78 is 5.63. The number of rotatable bonds is 5. The lowest BCUT2D eigenvalue weighted by atomic mass is 10.0. The molecule has 0 bridgehead atoms. The minimum atomic E-state index is -0.149. The first-order valence-electron chi connectivity index (χ1n) is 11.7. The fraction of sp³-hybridized carbons (Fsp3) is 0.286. The molecule has 0 radical (unpaired) electrons. The second kappa shape index (κ2) is 9.65. The summed E-state index contributed by atoms with van der Waals surface area (Å²) in [5.74, 6) is -0.205. The van der Waals surface area contributed by atoms with Crippen molar-refractivity contribution in [2.24, 2.45) is 0 Å². The molecule has 2 aliphatic heterocycles. The molecule has 2 heterocycles. The van der Waals surface area contributed by atoms with Crippen molar-refractivity contribution in [1.29, 1.82) is 0 Å². The third kappa shape index (κ3) is 4.61. The molecule has 2 aliphatic rings. The van der Waals surface area contributed by atoms with Crippen LogP contribution in [0.2, 0.25) is 0 Å². The van der Waals surface area contributed by atoms with Crippen LogP contribution < -0.4 is 10.2 Å². The molecule has 3 aromatic carbocycles. The van der Waals surface area contributed by atoms with Gasteiger partial charge in [0.15, 0.2) is 0 Å². The van der Waals surface area contributed by atoms with Crippen LogP contribution in [0.15, 0.2) is 70.5 Å². The Labute approximate surface area is 204 Å². The van der Waals surface area contributed by atoms with E-state index in [2.05, 4.69) is 37.4 Å². The Bertz CT molecular complexity index is 1250. The summed E-state index contributed by atoms with van der Waals surface area (Å²) >= 11 is 1.57. The minimum absolute atomic E-state index is 0.0559. The normalized spacial score (nSPS) is 17.2. The van der Waals surface area contributed by atoms with Crippen molar-refractivity contribution in [2.45, 2.75) is 49.1 Å². The number of carbonyl (C=O) groups excluding carboxylic acids is 2. The Balaban J connectivity index is 1.51. The molecule has 3 aromatic rings. The number of hydrogen-bond acceptors (Lipinski definition) is 4. The quantitative estimate of drug-likeness (QED) is 0.531. The summed E-state index contributed by atoms with van der Waals surface area (Å²) in [7, 11) is 0. The molecule has 5 rings (SSSR count). The Morgan fingerprint density at radius 1 is 1.09 bits per heavy atom. The first kappa shape index (κ1) is 22.7. The van der Waals surface area contributed by atoms with Gasteiger partial charge in [0.2, 0.25) is 0 Å². The molecule has 0 unspecified atom stereocenters. The van der Waals surface area contributed by atoms with Gasteiger partial charge in [-0.3, -0.25) is 9.59 Å². The number of ether oxygens (including phenoxy) is 1. The molecule has 0 aliphatic carbocycles. The van der Waals surface area contributed by atoms with Crippen LogP contribution in [0.3, 0.4) is 0 Å². The average Bonchev–Trinajstić information content (AvgIpc) is 3.33. The van der Waals surface area contributed by atoms with E-state index in [0.29, 0.717) is 24.2 Å². The van der Waals surface area contributed by atoms with E-state index in [1.807, 2.05) is 47.4 Å². The first-order valence-corrected chi connectivity index (χ1v) is 12.5. The van der Waals surface area contributed by atoms with Gasteiger partial charge in [0.1, 0.15) is 0 Å². The lowest BCUT2D eigenvalue weighted by Crippen LogP contribution is -2.33. The van der Waals surface area contributed by atoms with Crippen LogP contribution in [0.1, 0.15) is 50.2 Å². The summed E-state index contributed by atoms with van der Waals surface area (Å²) in [6.07, 6.45) is 2.08. The van der Waals surface area contributed by atoms with Gasteiger partial charge in [-0.2, -0.15) is 0 Å². The number of fused-ring (bicyclic) bond motifs is 2. The molecule has 5 nitrogen and oxygen atoms in total. The zero-order valence-electron chi connectivity index (χ0n) is 19.5. The zero-order chi connectivity index (χ0) is 23.7. The number of amides is 2. The number of hydrogen-bond donors (Lipinski definition) is 1. The molecule has 174 valence electrons. The number of benzene rings is 3. The molecule has 1 saturated heterocycles. The van der Waals surface area contributed by atoms with Crippen LogP contribution in [-0.2, 0) is 11.3 Å². The summed E-state index contributed by atoms with van der Waals surface area (Å²) in [4.78, 5) is 30.4. The average molecular weight is 473 g/mol. The second-order valence-corrected chi connectivity index (χ2v) is 10.0. The smallest absolute Gasteiger partial charge is 0.259 e. The fourth-order valence-corrected chi connectivity index (χ4v) is 5.53. The summed E-state index contributed by atoms with van der Waals surface area (Å²) in [6, 6.07) is 19.6. The highest BCUT2D eigenvalue weighted by Gasteiger charge is 2.28. The van der Waals surface area contributed by atoms with E-state index in [9.17, 15) is 9.59 Å². The number of aryl methyl sites for hydroxylation is 2. The predicted octanol–water partition coefficient (Wildman–Crippen LogP) is 5.52. The highest BCUT2D eigenvalue weighted by atomic mass is 32.2. The van der Waals surface area contributed by atoms with Gasteiger partial charge in [-0.25, -0.2) is 0 Å². The fourth-order valence-electron chi connectivity index (χ4n) is 4.47. The standard InChI is InChI=1S/C28H28N2O3S/c1-18-9-10-19(2)21(14-18)17-30-24-15-20(27(31)29-16-22-6-5-13-33-22)11-12-26(24)34-25-8-4-3-7-23(25)28(30)32/h3-4,7-12,14-15,22H,5-6,13,16-17H2,1-2H3,(H,29,31)/t22-/m1/s1. The van der Waals surface area contributed by atoms with Crippen LogP contribution in [0.5, 0.6) is 0 Å². The van der Waals surface area contributed by atoms with Crippen LogP contribution in [0.25, 0.3) is 0 Å². The Hall–Kier alpha value is -3.09. The van der Waals surface area contributed by atoms with Crippen molar-refractivity contribution in [1.82, 2.24) is 5.32 Å². The number of anilines is 1. The van der Waals surface area contributed by atoms with E-state index in [-0.39, 0.29) is 17.9 Å². The second-order valence-electron chi connectivity index (χ2n) is 8.95. The van der Waals surface area contributed by atoms with Gasteiger partial charge in [0.05, 0.1) is 23.9 Å². The van der Waals surface area contributed by atoms with Crippen molar-refractivity contribution in [3.8, 4) is 0 Å². The van der Waals surface area contributed by atoms with Crippen molar-refractivity contribution in [3.05, 3.63) is 88.5 Å². The van der Waals surface area contributed by atoms with Gasteiger partial charge in [0.25, 0.3) is 11.8 Å². The Morgan fingerprint density at radius 2 is 1.94 bits per heavy atom. The van der Waals surface area contributed by atoms with Gasteiger partial charge in [0, 0.05) is 28.5 Å². The third-order valence-corrected chi connectivity index (χ3v) is 7.58. The molecule has 0 spiro atoms. The lowest BCUT2D eigenvalue weighted by molar-refractivity contribution is 0.0857. The predicted molar refractivity (Wildman–Crippen MR) is 135 cm³/mol. The molecule has 1 N–H and O–H groups in total. The van der Waals surface area contributed by atoms with Crippen LogP contribution in [-0.4, -0.2) is 31.1 Å². The molecule has 2 amide bonds. The maximum atomic E-state index is 13.8. The van der Waals surface area contributed by atoms with Crippen molar-refractivity contribution in [2.75, 3.05) is 18.1 Å². The van der Waals surface area contributed by atoms with Gasteiger partial charge < -0.3 is 15.0 Å². The first-order chi connectivity index (χ1) is 16.5. The Kier molecular flexibility index (Phi) is 6.44. The van der Waals surface area contributed by atoms with Gasteiger partial charge in [-0.15, -0.1) is 0 Å². The summed E-state index contributed by atoms with van der Waals surface area (Å²) in [6.45, 7) is 5.82. The molecule has 34 heavy (non-hydrogen) atoms. The SMILES string of the molecule is Cc1ccc(C)c(CN2C(=O)c3ccccc3Sc3ccc(C(=O)NC[C@H]4CCCO4)cc32)c1. The Morgan fingerprint density at radius 3 is 2.76 bits per heavy atom. The maximum absolute atomic E-state index is 13.8.